The van der Waals surface area contributed by atoms with Crippen molar-refractivity contribution >= 4 is 23.4 Å². The average molecular weight is 383 g/mol. The fourth-order valence-corrected chi connectivity index (χ4v) is 3.09. The van der Waals surface area contributed by atoms with Crippen LogP contribution in [0.15, 0.2) is 30.5 Å². The molecule has 2 heterocycles. The van der Waals surface area contributed by atoms with Gasteiger partial charge in [-0.15, -0.1) is 0 Å². The third-order valence-corrected chi connectivity index (χ3v) is 4.70. The summed E-state index contributed by atoms with van der Waals surface area (Å²) in [6.07, 6.45) is 6.13. The Hall–Kier alpha value is -2.83. The van der Waals surface area contributed by atoms with Crippen molar-refractivity contribution in [2.45, 2.75) is 32.6 Å². The van der Waals surface area contributed by atoms with Crippen molar-refractivity contribution in [3.63, 3.8) is 0 Å². The van der Waals surface area contributed by atoms with Crippen molar-refractivity contribution in [1.29, 1.82) is 0 Å². The lowest BCUT2D eigenvalue weighted by atomic mass is 10.2. The van der Waals surface area contributed by atoms with Crippen LogP contribution in [0, 0.1) is 0 Å². The second-order valence-electron chi connectivity index (χ2n) is 7.18. The molecular formula is C21H29N5O2. The Morgan fingerprint density at radius 1 is 1.21 bits per heavy atom. The molecule has 1 aromatic heterocycles. The average Bonchev–Trinajstić information content (AvgIpc) is 3.23. The molecule has 7 nitrogen and oxygen atoms in total. The van der Waals surface area contributed by atoms with Crippen LogP contribution in [0.3, 0.4) is 0 Å². The molecule has 0 spiro atoms. The summed E-state index contributed by atoms with van der Waals surface area (Å²) in [6, 6.07) is 7.19. The van der Waals surface area contributed by atoms with Gasteiger partial charge in [-0.1, -0.05) is 13.3 Å². The summed E-state index contributed by atoms with van der Waals surface area (Å²) in [5.74, 6) is 2.00. The smallest absolute Gasteiger partial charge is 0.255 e. The van der Waals surface area contributed by atoms with Crippen molar-refractivity contribution < 1.29 is 9.53 Å². The summed E-state index contributed by atoms with van der Waals surface area (Å²) in [5.41, 5.74) is 1.16. The maximum Gasteiger partial charge on any atom is 0.255 e. The van der Waals surface area contributed by atoms with Gasteiger partial charge in [0.1, 0.15) is 11.4 Å². The molecular weight excluding hydrogens is 354 g/mol. The van der Waals surface area contributed by atoms with Gasteiger partial charge in [0.05, 0.1) is 12.8 Å². The highest BCUT2D eigenvalue weighted by Crippen LogP contribution is 2.26. The Kier molecular flexibility index (Phi) is 6.68. The summed E-state index contributed by atoms with van der Waals surface area (Å²) >= 11 is 0. The normalized spacial score (nSPS) is 13.5. The number of anilines is 3. The van der Waals surface area contributed by atoms with E-state index in [9.17, 15) is 4.79 Å². The number of benzene rings is 1. The van der Waals surface area contributed by atoms with Gasteiger partial charge in [0, 0.05) is 32.7 Å². The number of nitrogens with zero attached hydrogens (tertiary/aromatic N) is 4. The van der Waals surface area contributed by atoms with Gasteiger partial charge in [-0.2, -0.15) is 4.98 Å². The van der Waals surface area contributed by atoms with Crippen molar-refractivity contribution in [3.05, 3.63) is 36.0 Å². The van der Waals surface area contributed by atoms with E-state index in [0.29, 0.717) is 29.6 Å². The molecule has 1 fully saturated rings. The Balaban J connectivity index is 1.70. The summed E-state index contributed by atoms with van der Waals surface area (Å²) in [6.45, 7) is 4.77. The fraction of sp³-hybridized carbons (Fsp3) is 0.476. The standard InChI is InChI=1S/C21H29N5O2/c1-4-5-14-28-17-10-8-16(9-11-17)20(27)23-18-15-22-21(24-19(18)25(2)3)26-12-6-7-13-26/h8-11,15H,4-7,12-14H2,1-3H3,(H,23,27). The number of rotatable bonds is 8. The molecule has 0 saturated carbocycles. The van der Waals surface area contributed by atoms with Crippen LogP contribution >= 0.6 is 0 Å². The lowest BCUT2D eigenvalue weighted by Crippen LogP contribution is -2.23. The predicted octanol–water partition coefficient (Wildman–Crippen LogP) is 3.57. The summed E-state index contributed by atoms with van der Waals surface area (Å²) in [7, 11) is 3.82. The first-order chi connectivity index (χ1) is 13.6. The van der Waals surface area contributed by atoms with E-state index in [1.165, 1.54) is 0 Å². The molecule has 0 bridgehead atoms. The van der Waals surface area contributed by atoms with Gasteiger partial charge in [0.2, 0.25) is 5.95 Å². The minimum absolute atomic E-state index is 0.194. The summed E-state index contributed by atoms with van der Waals surface area (Å²) < 4.78 is 5.65. The van der Waals surface area contributed by atoms with Crippen molar-refractivity contribution in [2.24, 2.45) is 0 Å². The largest absolute Gasteiger partial charge is 0.494 e. The van der Waals surface area contributed by atoms with Gasteiger partial charge in [0.25, 0.3) is 5.91 Å². The van der Waals surface area contributed by atoms with E-state index >= 15 is 0 Å². The first-order valence-corrected chi connectivity index (χ1v) is 9.92. The second kappa shape index (κ2) is 9.39. The molecule has 0 atom stereocenters. The van der Waals surface area contributed by atoms with Crippen molar-refractivity contribution in [2.75, 3.05) is 48.9 Å². The van der Waals surface area contributed by atoms with Gasteiger partial charge in [-0.05, 0) is 43.5 Å². The molecule has 150 valence electrons. The molecule has 2 aromatic rings. The van der Waals surface area contributed by atoms with Gasteiger partial charge in [0.15, 0.2) is 5.82 Å². The molecule has 0 aliphatic carbocycles. The highest BCUT2D eigenvalue weighted by molar-refractivity contribution is 6.05. The number of carbonyl (C=O) groups is 1. The first-order valence-electron chi connectivity index (χ1n) is 9.92. The van der Waals surface area contributed by atoms with Crippen LogP contribution in [0.5, 0.6) is 5.75 Å². The second-order valence-corrected chi connectivity index (χ2v) is 7.18. The zero-order valence-corrected chi connectivity index (χ0v) is 16.9. The highest BCUT2D eigenvalue weighted by Gasteiger charge is 2.19. The molecule has 1 saturated heterocycles. The molecule has 7 heteroatoms. The van der Waals surface area contributed by atoms with Crippen LogP contribution in [0.4, 0.5) is 17.5 Å². The predicted molar refractivity (Wildman–Crippen MR) is 113 cm³/mol. The maximum absolute atomic E-state index is 12.7. The lowest BCUT2D eigenvalue weighted by Gasteiger charge is -2.21. The molecule has 1 aliphatic rings. The van der Waals surface area contributed by atoms with E-state index in [2.05, 4.69) is 27.1 Å². The van der Waals surface area contributed by atoms with Gasteiger partial charge in [-0.25, -0.2) is 4.98 Å². The van der Waals surface area contributed by atoms with E-state index in [4.69, 9.17) is 4.74 Å². The third-order valence-electron chi connectivity index (χ3n) is 4.70. The van der Waals surface area contributed by atoms with Gasteiger partial charge < -0.3 is 19.9 Å². The lowest BCUT2D eigenvalue weighted by molar-refractivity contribution is 0.102. The minimum atomic E-state index is -0.194. The van der Waals surface area contributed by atoms with E-state index in [0.717, 1.165) is 44.5 Å². The van der Waals surface area contributed by atoms with Crippen molar-refractivity contribution in [3.8, 4) is 5.75 Å². The number of carbonyl (C=O) groups excluding carboxylic acids is 1. The SMILES string of the molecule is CCCCOc1ccc(C(=O)Nc2cnc(N3CCCC3)nc2N(C)C)cc1. The summed E-state index contributed by atoms with van der Waals surface area (Å²) in [4.78, 5) is 25.9. The van der Waals surface area contributed by atoms with Crippen LogP contribution in [0.2, 0.25) is 0 Å². The van der Waals surface area contributed by atoms with E-state index in [1.54, 1.807) is 18.3 Å². The van der Waals surface area contributed by atoms with E-state index < -0.39 is 0 Å². The van der Waals surface area contributed by atoms with Crippen molar-refractivity contribution in [1.82, 2.24) is 9.97 Å². The molecule has 0 unspecified atom stereocenters. The number of nitrogens with one attached hydrogen (secondary N) is 1. The monoisotopic (exact) mass is 383 g/mol. The highest BCUT2D eigenvalue weighted by atomic mass is 16.5. The number of aromatic nitrogens is 2. The molecule has 1 amide bonds. The first kappa shape index (κ1) is 19.9. The van der Waals surface area contributed by atoms with E-state index in [-0.39, 0.29) is 5.91 Å². The maximum atomic E-state index is 12.7. The Morgan fingerprint density at radius 3 is 2.57 bits per heavy atom. The van der Waals surface area contributed by atoms with Crippen LogP contribution in [-0.4, -0.2) is 49.7 Å². The number of amides is 1. The molecule has 1 aliphatic heterocycles. The quantitative estimate of drug-likeness (QED) is 0.703. The summed E-state index contributed by atoms with van der Waals surface area (Å²) in [5, 5.41) is 2.93. The fourth-order valence-electron chi connectivity index (χ4n) is 3.09. The van der Waals surface area contributed by atoms with Crippen LogP contribution in [-0.2, 0) is 0 Å². The molecule has 28 heavy (non-hydrogen) atoms. The van der Waals surface area contributed by atoms with E-state index in [1.807, 2.05) is 31.1 Å². The number of ether oxygens (including phenoxy) is 1. The minimum Gasteiger partial charge on any atom is -0.494 e. The van der Waals surface area contributed by atoms with Crippen LogP contribution in [0.25, 0.3) is 0 Å². The number of hydrogen-bond acceptors (Lipinski definition) is 6. The number of unbranched alkanes of at least 4 members (excludes halogenated alkanes) is 1. The van der Waals surface area contributed by atoms with Crippen LogP contribution in [0.1, 0.15) is 43.0 Å². The Labute approximate surface area is 166 Å². The Morgan fingerprint density at radius 2 is 1.93 bits per heavy atom. The Bertz CT molecular complexity index is 786. The topological polar surface area (TPSA) is 70.6 Å². The zero-order chi connectivity index (χ0) is 19.9. The molecule has 0 radical (unpaired) electrons. The molecule has 3 rings (SSSR count). The molecule has 1 N–H and O–H groups in total. The van der Waals surface area contributed by atoms with Gasteiger partial charge >= 0.3 is 0 Å². The molecule has 1 aromatic carbocycles. The number of hydrogen-bond donors (Lipinski definition) is 1. The zero-order valence-electron chi connectivity index (χ0n) is 16.9. The third kappa shape index (κ3) is 4.91. The van der Waals surface area contributed by atoms with Crippen LogP contribution < -0.4 is 19.9 Å². The van der Waals surface area contributed by atoms with Gasteiger partial charge in [-0.3, -0.25) is 4.79 Å².